The van der Waals surface area contributed by atoms with Gasteiger partial charge < -0.3 is 15.7 Å². The Morgan fingerprint density at radius 3 is 2.89 bits per heavy atom. The van der Waals surface area contributed by atoms with Gasteiger partial charge in [0.25, 0.3) is 0 Å². The van der Waals surface area contributed by atoms with Crippen molar-refractivity contribution in [3.05, 3.63) is 24.5 Å². The molecule has 0 bridgehead atoms. The summed E-state index contributed by atoms with van der Waals surface area (Å²) in [6, 6.07) is 5.70. The van der Waals surface area contributed by atoms with E-state index in [1.165, 1.54) is 0 Å². The maximum absolute atomic E-state index is 9.35. The van der Waals surface area contributed by atoms with Gasteiger partial charge in [-0.1, -0.05) is 0 Å². The molecule has 1 fully saturated rings. The van der Waals surface area contributed by atoms with Gasteiger partial charge in [0.15, 0.2) is 0 Å². The number of fused-ring (bicyclic) bond motifs is 1. The lowest BCUT2D eigenvalue weighted by molar-refractivity contribution is 0.0464. The SMILES string of the molecule is CN(CC1CC(O)C1)c1ncnc2cc(N)ccc12. The number of nitrogens with zero attached hydrogens (tertiary/aromatic N) is 3. The Kier molecular flexibility index (Phi) is 2.98. The summed E-state index contributed by atoms with van der Waals surface area (Å²) in [4.78, 5) is 10.8. The van der Waals surface area contributed by atoms with Gasteiger partial charge >= 0.3 is 0 Å². The van der Waals surface area contributed by atoms with Gasteiger partial charge in [-0.2, -0.15) is 0 Å². The lowest BCUT2D eigenvalue weighted by Crippen LogP contribution is -2.37. The standard InChI is InChI=1S/C14H18N4O/c1-18(7-9-4-11(19)5-9)14-12-3-2-10(15)6-13(12)16-8-17-14/h2-3,6,8-9,11,19H,4-5,7,15H2,1H3. The molecule has 1 aliphatic carbocycles. The molecule has 3 rings (SSSR count). The van der Waals surface area contributed by atoms with Crippen LogP contribution in [0.5, 0.6) is 0 Å². The van der Waals surface area contributed by atoms with Crippen molar-refractivity contribution in [2.24, 2.45) is 5.92 Å². The summed E-state index contributed by atoms with van der Waals surface area (Å²) in [7, 11) is 2.03. The summed E-state index contributed by atoms with van der Waals surface area (Å²) in [5, 5.41) is 10.4. The number of benzene rings is 1. The molecule has 1 heterocycles. The van der Waals surface area contributed by atoms with Crippen molar-refractivity contribution >= 4 is 22.4 Å². The van der Waals surface area contributed by atoms with E-state index >= 15 is 0 Å². The largest absolute Gasteiger partial charge is 0.399 e. The number of nitrogen functional groups attached to an aromatic ring is 1. The molecule has 0 atom stereocenters. The number of aliphatic hydroxyl groups is 1. The van der Waals surface area contributed by atoms with Gasteiger partial charge in [-0.15, -0.1) is 0 Å². The fourth-order valence-corrected chi connectivity index (χ4v) is 2.69. The van der Waals surface area contributed by atoms with Gasteiger partial charge in [-0.05, 0) is 37.0 Å². The molecule has 0 aliphatic heterocycles. The average molecular weight is 258 g/mol. The Bertz CT molecular complexity index is 595. The molecule has 5 heteroatoms. The first-order chi connectivity index (χ1) is 9.13. The van der Waals surface area contributed by atoms with Gasteiger partial charge in [0.1, 0.15) is 12.1 Å². The summed E-state index contributed by atoms with van der Waals surface area (Å²) in [6.07, 6.45) is 3.24. The molecule has 0 spiro atoms. The quantitative estimate of drug-likeness (QED) is 0.814. The normalized spacial score (nSPS) is 22.2. The van der Waals surface area contributed by atoms with Crippen LogP contribution in [0.2, 0.25) is 0 Å². The first-order valence-electron chi connectivity index (χ1n) is 6.53. The topological polar surface area (TPSA) is 75.3 Å². The Balaban J connectivity index is 1.87. The molecular weight excluding hydrogens is 240 g/mol. The van der Waals surface area contributed by atoms with Crippen LogP contribution in [0.1, 0.15) is 12.8 Å². The Labute approximate surface area is 112 Å². The molecular formula is C14H18N4O. The van der Waals surface area contributed by atoms with E-state index in [-0.39, 0.29) is 6.10 Å². The molecule has 2 aromatic rings. The molecule has 100 valence electrons. The van der Waals surface area contributed by atoms with Crippen molar-refractivity contribution in [3.8, 4) is 0 Å². The first-order valence-corrected chi connectivity index (χ1v) is 6.53. The van der Waals surface area contributed by atoms with E-state index in [4.69, 9.17) is 5.73 Å². The first kappa shape index (κ1) is 12.2. The van der Waals surface area contributed by atoms with E-state index in [9.17, 15) is 5.11 Å². The maximum Gasteiger partial charge on any atom is 0.139 e. The second-order valence-electron chi connectivity index (χ2n) is 5.35. The fraction of sp³-hybridized carbons (Fsp3) is 0.429. The van der Waals surface area contributed by atoms with E-state index in [2.05, 4.69) is 14.9 Å². The second-order valence-corrected chi connectivity index (χ2v) is 5.35. The van der Waals surface area contributed by atoms with Gasteiger partial charge in [0.05, 0.1) is 11.6 Å². The van der Waals surface area contributed by atoms with Gasteiger partial charge in [0.2, 0.25) is 0 Å². The second kappa shape index (κ2) is 4.66. The predicted octanol–water partition coefficient (Wildman–Crippen LogP) is 1.42. The predicted molar refractivity (Wildman–Crippen MR) is 76.0 cm³/mol. The lowest BCUT2D eigenvalue weighted by atomic mass is 9.82. The maximum atomic E-state index is 9.35. The third-order valence-electron chi connectivity index (χ3n) is 3.74. The average Bonchev–Trinajstić information content (AvgIpc) is 2.35. The van der Waals surface area contributed by atoms with E-state index in [0.29, 0.717) is 11.6 Å². The van der Waals surface area contributed by atoms with Crippen molar-refractivity contribution < 1.29 is 5.11 Å². The van der Waals surface area contributed by atoms with Gasteiger partial charge in [-0.25, -0.2) is 9.97 Å². The van der Waals surface area contributed by atoms with Crippen molar-refractivity contribution in [3.63, 3.8) is 0 Å². The molecule has 1 aromatic heterocycles. The summed E-state index contributed by atoms with van der Waals surface area (Å²) >= 11 is 0. The van der Waals surface area contributed by atoms with Crippen LogP contribution < -0.4 is 10.6 Å². The highest BCUT2D eigenvalue weighted by atomic mass is 16.3. The third-order valence-corrected chi connectivity index (χ3v) is 3.74. The van der Waals surface area contributed by atoms with Gasteiger partial charge in [-0.3, -0.25) is 0 Å². The molecule has 5 nitrogen and oxygen atoms in total. The molecule has 1 aromatic carbocycles. The number of aromatic nitrogens is 2. The van der Waals surface area contributed by atoms with Crippen LogP contribution in [-0.2, 0) is 0 Å². The van der Waals surface area contributed by atoms with Crippen LogP contribution in [0, 0.1) is 5.92 Å². The fourth-order valence-electron chi connectivity index (χ4n) is 2.69. The minimum Gasteiger partial charge on any atom is -0.399 e. The van der Waals surface area contributed by atoms with Crippen LogP contribution >= 0.6 is 0 Å². The van der Waals surface area contributed by atoms with Crippen LogP contribution in [0.25, 0.3) is 10.9 Å². The van der Waals surface area contributed by atoms with Gasteiger partial charge in [0, 0.05) is 24.7 Å². The summed E-state index contributed by atoms with van der Waals surface area (Å²) in [5.74, 6) is 1.48. The van der Waals surface area contributed by atoms with Crippen molar-refractivity contribution in [1.82, 2.24) is 9.97 Å². The molecule has 1 aliphatic rings. The number of aliphatic hydroxyl groups excluding tert-OH is 1. The zero-order valence-electron chi connectivity index (χ0n) is 11.0. The van der Waals surface area contributed by atoms with Crippen molar-refractivity contribution in [2.45, 2.75) is 18.9 Å². The highest BCUT2D eigenvalue weighted by molar-refractivity contribution is 5.91. The highest BCUT2D eigenvalue weighted by Gasteiger charge is 2.28. The van der Waals surface area contributed by atoms with E-state index in [0.717, 1.165) is 36.1 Å². The van der Waals surface area contributed by atoms with Crippen molar-refractivity contribution in [1.29, 1.82) is 0 Å². The van der Waals surface area contributed by atoms with E-state index < -0.39 is 0 Å². The molecule has 0 unspecified atom stereocenters. The smallest absolute Gasteiger partial charge is 0.139 e. The van der Waals surface area contributed by atoms with Crippen LogP contribution in [0.3, 0.4) is 0 Å². The van der Waals surface area contributed by atoms with Crippen LogP contribution in [0.15, 0.2) is 24.5 Å². The number of hydrogen-bond donors (Lipinski definition) is 2. The number of rotatable bonds is 3. The molecule has 0 saturated heterocycles. The molecule has 0 radical (unpaired) electrons. The monoisotopic (exact) mass is 258 g/mol. The number of anilines is 2. The Morgan fingerprint density at radius 2 is 2.16 bits per heavy atom. The van der Waals surface area contributed by atoms with E-state index in [1.54, 1.807) is 6.33 Å². The summed E-state index contributed by atoms with van der Waals surface area (Å²) in [6.45, 7) is 0.910. The molecule has 1 saturated carbocycles. The number of nitrogens with two attached hydrogens (primary N) is 1. The van der Waals surface area contributed by atoms with Crippen molar-refractivity contribution in [2.75, 3.05) is 24.2 Å². The van der Waals surface area contributed by atoms with Crippen LogP contribution in [0.4, 0.5) is 11.5 Å². The van der Waals surface area contributed by atoms with Crippen LogP contribution in [-0.4, -0.2) is 34.8 Å². The highest BCUT2D eigenvalue weighted by Crippen LogP contribution is 2.30. The molecule has 0 amide bonds. The summed E-state index contributed by atoms with van der Waals surface area (Å²) < 4.78 is 0. The minimum atomic E-state index is -0.111. The lowest BCUT2D eigenvalue weighted by Gasteiger charge is -2.35. The Hall–Kier alpha value is -1.88. The molecule has 19 heavy (non-hydrogen) atoms. The minimum absolute atomic E-state index is 0.111. The number of hydrogen-bond acceptors (Lipinski definition) is 5. The Morgan fingerprint density at radius 1 is 1.37 bits per heavy atom. The molecule has 3 N–H and O–H groups in total. The third kappa shape index (κ3) is 2.33. The zero-order chi connectivity index (χ0) is 13.4. The summed E-state index contributed by atoms with van der Waals surface area (Å²) in [5.41, 5.74) is 7.35. The van der Waals surface area contributed by atoms with E-state index in [1.807, 2.05) is 25.2 Å². The zero-order valence-corrected chi connectivity index (χ0v) is 11.0.